The Morgan fingerprint density at radius 3 is 1.49 bits per heavy atom. The van der Waals surface area contributed by atoms with Gasteiger partial charge in [0, 0.05) is 49.4 Å². The molecule has 0 saturated heterocycles. The molecule has 0 aliphatic heterocycles. The molecule has 55 heavy (non-hydrogen) atoms. The van der Waals surface area contributed by atoms with Crippen LogP contribution in [0, 0.1) is 22.7 Å². The first-order valence-electron chi connectivity index (χ1n) is 18.3. The summed E-state index contributed by atoms with van der Waals surface area (Å²) in [5, 5.41) is 27.4. The summed E-state index contributed by atoms with van der Waals surface area (Å²) in [6, 6.07) is 66.0. The summed E-state index contributed by atoms with van der Waals surface area (Å²) in [5.41, 5.74) is 12.5. The van der Waals surface area contributed by atoms with Crippen molar-refractivity contribution in [3.8, 4) is 40.3 Å². The summed E-state index contributed by atoms with van der Waals surface area (Å²) in [5.74, 6) is 0. The molecule has 0 aliphatic carbocycles. The number of hydrogen-bond donors (Lipinski definition) is 0. The van der Waals surface area contributed by atoms with Crippen LogP contribution >= 0.6 is 0 Å². The summed E-state index contributed by atoms with van der Waals surface area (Å²) in [4.78, 5) is 0. The number of rotatable bonds is 4. The standard InChI is InChI=1S/C50H29N5/c51-30-32-25-35(33-11-9-13-36(27-33)55-48-22-8-3-16-41(48)43-18-10-12-34(31-52)50(43)55)28-38(26-32)54-47-21-7-4-17-42(47)44-29-37(23-24-49(44)54)53-45-19-5-1-14-39(45)40-15-2-6-20-46(40)53/h1-29H. The van der Waals surface area contributed by atoms with Crippen molar-refractivity contribution >= 4 is 65.4 Å². The summed E-state index contributed by atoms with van der Waals surface area (Å²) in [6.45, 7) is 0. The van der Waals surface area contributed by atoms with Crippen molar-refractivity contribution in [3.63, 3.8) is 0 Å². The highest BCUT2D eigenvalue weighted by molar-refractivity contribution is 6.13. The second kappa shape index (κ2) is 11.8. The van der Waals surface area contributed by atoms with Gasteiger partial charge in [-0.3, -0.25) is 0 Å². The Hall–Kier alpha value is -7.86. The van der Waals surface area contributed by atoms with Crippen molar-refractivity contribution in [2.24, 2.45) is 0 Å². The predicted molar refractivity (Wildman–Crippen MR) is 224 cm³/mol. The molecular formula is C50H29N5. The molecule has 0 aliphatic rings. The lowest BCUT2D eigenvalue weighted by molar-refractivity contribution is 1.16. The Kier molecular flexibility index (Phi) is 6.61. The maximum atomic E-state index is 10.4. The Morgan fingerprint density at radius 1 is 0.327 bits per heavy atom. The van der Waals surface area contributed by atoms with Gasteiger partial charge in [-0.05, 0) is 90.0 Å². The molecule has 0 amide bonds. The van der Waals surface area contributed by atoms with E-state index in [2.05, 4.69) is 165 Å². The molecule has 0 spiro atoms. The van der Waals surface area contributed by atoms with Crippen molar-refractivity contribution in [1.82, 2.24) is 13.7 Å². The van der Waals surface area contributed by atoms with Gasteiger partial charge in [0.05, 0.1) is 50.3 Å². The lowest BCUT2D eigenvalue weighted by Gasteiger charge is -2.14. The minimum Gasteiger partial charge on any atom is -0.309 e. The van der Waals surface area contributed by atoms with Crippen molar-refractivity contribution in [1.29, 1.82) is 10.5 Å². The number of aromatic nitrogens is 3. The Bertz CT molecular complexity index is 3420. The van der Waals surface area contributed by atoms with Gasteiger partial charge in [0.1, 0.15) is 6.07 Å². The SMILES string of the molecule is N#Cc1cc(-c2cccc(-n3c4ccccc4c4cccc(C#N)c43)c2)cc(-n2c3ccccc3c3cc(-n4c5ccccc5c5ccccc54)ccc32)c1. The van der Waals surface area contributed by atoms with E-state index in [4.69, 9.17) is 0 Å². The zero-order chi connectivity index (χ0) is 36.6. The molecule has 0 fully saturated rings. The normalized spacial score (nSPS) is 11.6. The maximum absolute atomic E-state index is 10.4. The first-order chi connectivity index (χ1) is 27.2. The van der Waals surface area contributed by atoms with Crippen LogP contribution in [0.2, 0.25) is 0 Å². The highest BCUT2D eigenvalue weighted by Crippen LogP contribution is 2.39. The molecule has 8 aromatic carbocycles. The third kappa shape index (κ3) is 4.51. The topological polar surface area (TPSA) is 62.4 Å². The average Bonchev–Trinajstić information content (AvgIpc) is 3.89. The van der Waals surface area contributed by atoms with Gasteiger partial charge >= 0.3 is 0 Å². The molecule has 3 heterocycles. The van der Waals surface area contributed by atoms with E-state index < -0.39 is 0 Å². The van der Waals surface area contributed by atoms with E-state index in [0.29, 0.717) is 11.1 Å². The molecule has 0 atom stereocenters. The summed E-state index contributed by atoms with van der Waals surface area (Å²) in [6.07, 6.45) is 0. The number of benzene rings is 8. The van der Waals surface area contributed by atoms with Crippen molar-refractivity contribution in [2.45, 2.75) is 0 Å². The first-order valence-corrected chi connectivity index (χ1v) is 18.3. The zero-order valence-corrected chi connectivity index (χ0v) is 29.5. The van der Waals surface area contributed by atoms with Crippen LogP contribution in [0.5, 0.6) is 0 Å². The minimum atomic E-state index is 0.578. The maximum Gasteiger partial charge on any atom is 0.101 e. The molecule has 0 unspecified atom stereocenters. The molecule has 5 nitrogen and oxygen atoms in total. The zero-order valence-electron chi connectivity index (χ0n) is 29.5. The Morgan fingerprint density at radius 2 is 0.836 bits per heavy atom. The Balaban J connectivity index is 1.11. The van der Waals surface area contributed by atoms with Crippen LogP contribution in [0.1, 0.15) is 11.1 Å². The van der Waals surface area contributed by atoms with Crippen molar-refractivity contribution < 1.29 is 0 Å². The molecule has 11 aromatic rings. The van der Waals surface area contributed by atoms with Gasteiger partial charge in [-0.2, -0.15) is 10.5 Å². The van der Waals surface area contributed by atoms with E-state index in [1.165, 1.54) is 21.8 Å². The minimum absolute atomic E-state index is 0.578. The molecular weight excluding hydrogens is 671 g/mol. The fourth-order valence-corrected chi connectivity index (χ4v) is 8.75. The lowest BCUT2D eigenvalue weighted by Crippen LogP contribution is -1.98. The summed E-state index contributed by atoms with van der Waals surface area (Å²) in [7, 11) is 0. The van der Waals surface area contributed by atoms with Crippen LogP contribution in [0.15, 0.2) is 176 Å². The van der Waals surface area contributed by atoms with Crippen LogP contribution in [0.25, 0.3) is 93.6 Å². The van der Waals surface area contributed by atoms with Gasteiger partial charge in [0.2, 0.25) is 0 Å². The van der Waals surface area contributed by atoms with Crippen molar-refractivity contribution in [3.05, 3.63) is 187 Å². The largest absolute Gasteiger partial charge is 0.309 e. The number of para-hydroxylation sites is 5. The molecule has 0 radical (unpaired) electrons. The van der Waals surface area contributed by atoms with Crippen molar-refractivity contribution in [2.75, 3.05) is 0 Å². The van der Waals surface area contributed by atoms with E-state index in [9.17, 15) is 10.5 Å². The third-order valence-electron chi connectivity index (χ3n) is 11.1. The van der Waals surface area contributed by atoms with Gasteiger partial charge in [-0.25, -0.2) is 0 Å². The number of fused-ring (bicyclic) bond motifs is 9. The number of nitriles is 2. The molecule has 0 saturated carbocycles. The van der Waals surface area contributed by atoms with Crippen LogP contribution < -0.4 is 0 Å². The summed E-state index contributed by atoms with van der Waals surface area (Å²) < 4.78 is 6.82. The quantitative estimate of drug-likeness (QED) is 0.184. The van der Waals surface area contributed by atoms with Gasteiger partial charge < -0.3 is 13.7 Å². The molecule has 11 rings (SSSR count). The van der Waals surface area contributed by atoms with Crippen LogP contribution in [-0.2, 0) is 0 Å². The van der Waals surface area contributed by atoms with E-state index in [1.807, 2.05) is 36.4 Å². The monoisotopic (exact) mass is 699 g/mol. The van der Waals surface area contributed by atoms with Crippen LogP contribution in [-0.4, -0.2) is 13.7 Å². The third-order valence-corrected chi connectivity index (χ3v) is 11.1. The number of nitrogens with zero attached hydrogens (tertiary/aromatic N) is 5. The van der Waals surface area contributed by atoms with Gasteiger partial charge in [0.15, 0.2) is 0 Å². The highest BCUT2D eigenvalue weighted by atomic mass is 15.0. The molecule has 5 heteroatoms. The fourth-order valence-electron chi connectivity index (χ4n) is 8.75. The Labute approximate surface area is 316 Å². The lowest BCUT2D eigenvalue weighted by atomic mass is 10.0. The van der Waals surface area contributed by atoms with E-state index in [-0.39, 0.29) is 0 Å². The summed E-state index contributed by atoms with van der Waals surface area (Å²) >= 11 is 0. The molecule has 3 aromatic heterocycles. The molecule has 0 bridgehead atoms. The second-order valence-corrected chi connectivity index (χ2v) is 14.0. The smallest absolute Gasteiger partial charge is 0.101 e. The van der Waals surface area contributed by atoms with E-state index in [0.717, 1.165) is 71.8 Å². The van der Waals surface area contributed by atoms with E-state index >= 15 is 0 Å². The predicted octanol–water partition coefficient (Wildman–Crippen LogP) is 12.4. The fraction of sp³-hybridized carbons (Fsp3) is 0. The molecule has 0 N–H and O–H groups in total. The van der Waals surface area contributed by atoms with Crippen LogP contribution in [0.4, 0.5) is 0 Å². The van der Waals surface area contributed by atoms with Gasteiger partial charge in [-0.1, -0.05) is 97.1 Å². The van der Waals surface area contributed by atoms with Gasteiger partial charge in [0.25, 0.3) is 0 Å². The number of hydrogen-bond acceptors (Lipinski definition) is 2. The highest BCUT2D eigenvalue weighted by Gasteiger charge is 2.19. The van der Waals surface area contributed by atoms with Gasteiger partial charge in [-0.15, -0.1) is 0 Å². The first kappa shape index (κ1) is 30.7. The van der Waals surface area contributed by atoms with Crippen LogP contribution in [0.3, 0.4) is 0 Å². The average molecular weight is 700 g/mol. The second-order valence-electron chi connectivity index (χ2n) is 14.0. The van der Waals surface area contributed by atoms with E-state index in [1.54, 1.807) is 0 Å². The molecule has 254 valence electrons.